The van der Waals surface area contributed by atoms with E-state index in [1.54, 1.807) is 13.0 Å². The van der Waals surface area contributed by atoms with Crippen LogP contribution in [0.25, 0.3) is 0 Å². The third kappa shape index (κ3) is 5.80. The van der Waals surface area contributed by atoms with E-state index < -0.39 is 6.04 Å². The third-order valence-corrected chi connectivity index (χ3v) is 4.54. The van der Waals surface area contributed by atoms with E-state index in [9.17, 15) is 9.59 Å². The Morgan fingerprint density at radius 3 is 2.78 bits per heavy atom. The number of aromatic nitrogens is 2. The molecule has 7 nitrogen and oxygen atoms in total. The number of nitrogens with zero attached hydrogens (tertiary/aromatic N) is 2. The Labute approximate surface area is 165 Å². The molecule has 2 heterocycles. The monoisotopic (exact) mass is 391 g/mol. The number of piperidine rings is 1. The molecule has 146 valence electrons. The van der Waals surface area contributed by atoms with E-state index >= 15 is 0 Å². The van der Waals surface area contributed by atoms with Crippen molar-refractivity contribution in [2.24, 2.45) is 0 Å². The average Bonchev–Trinajstić information content (AvgIpc) is 3.18. The molecule has 1 saturated heterocycles. The molecule has 2 atom stereocenters. The summed E-state index contributed by atoms with van der Waals surface area (Å²) in [6.45, 7) is 3.99. The van der Waals surface area contributed by atoms with E-state index in [0.29, 0.717) is 12.2 Å². The molecule has 1 aliphatic heterocycles. The molecular formula is C19H26ClN5O2. The van der Waals surface area contributed by atoms with Crippen LogP contribution in [0.1, 0.15) is 41.9 Å². The van der Waals surface area contributed by atoms with Crippen LogP contribution in [0.5, 0.6) is 0 Å². The maximum absolute atomic E-state index is 12.3. The first-order valence-corrected chi connectivity index (χ1v) is 9.02. The van der Waals surface area contributed by atoms with E-state index in [2.05, 4.69) is 21.0 Å². The number of hydrogen-bond acceptors (Lipinski definition) is 4. The highest BCUT2D eigenvalue weighted by molar-refractivity contribution is 5.95. The van der Waals surface area contributed by atoms with Gasteiger partial charge in [-0.05, 0) is 37.9 Å². The van der Waals surface area contributed by atoms with Crippen molar-refractivity contribution in [2.75, 3.05) is 13.1 Å². The van der Waals surface area contributed by atoms with Gasteiger partial charge in [-0.3, -0.25) is 14.3 Å². The number of amides is 2. The van der Waals surface area contributed by atoms with Gasteiger partial charge in [-0.25, -0.2) is 0 Å². The van der Waals surface area contributed by atoms with Crippen molar-refractivity contribution in [1.29, 1.82) is 0 Å². The van der Waals surface area contributed by atoms with E-state index in [4.69, 9.17) is 0 Å². The summed E-state index contributed by atoms with van der Waals surface area (Å²) in [6, 6.07) is 11.0. The topological polar surface area (TPSA) is 88.1 Å². The molecule has 0 spiro atoms. The molecule has 1 aromatic heterocycles. The molecular weight excluding hydrogens is 366 g/mol. The zero-order chi connectivity index (χ0) is 18.4. The second-order valence-corrected chi connectivity index (χ2v) is 6.58. The number of carbonyl (C=O) groups excluding carboxylic acids is 2. The molecule has 0 radical (unpaired) electrons. The van der Waals surface area contributed by atoms with Crippen molar-refractivity contribution in [3.8, 4) is 0 Å². The Morgan fingerprint density at radius 2 is 2.07 bits per heavy atom. The smallest absolute Gasteiger partial charge is 0.272 e. The zero-order valence-corrected chi connectivity index (χ0v) is 16.2. The molecule has 2 amide bonds. The standard InChI is InChI=1S/C19H25N5O2.ClH/c1-14(18(25)21-12-15-6-3-2-4-7-15)22-19(26)17-9-11-24(23-17)16-8-5-10-20-13-16;/h2-4,6-7,9,11,14,16,20H,5,8,10,12-13H2,1H3,(H,21,25)(H,22,26);1H. The van der Waals surface area contributed by atoms with E-state index in [0.717, 1.165) is 31.5 Å². The van der Waals surface area contributed by atoms with Crippen molar-refractivity contribution in [3.63, 3.8) is 0 Å². The summed E-state index contributed by atoms with van der Waals surface area (Å²) in [4.78, 5) is 24.5. The van der Waals surface area contributed by atoms with Crippen LogP contribution < -0.4 is 16.0 Å². The first-order chi connectivity index (χ1) is 12.6. The second kappa shape index (κ2) is 10.1. The Hall–Kier alpha value is -2.38. The Morgan fingerprint density at radius 1 is 1.30 bits per heavy atom. The molecule has 27 heavy (non-hydrogen) atoms. The predicted molar refractivity (Wildman–Crippen MR) is 106 cm³/mol. The van der Waals surface area contributed by atoms with Gasteiger partial charge in [0, 0.05) is 19.3 Å². The fourth-order valence-electron chi connectivity index (χ4n) is 3.00. The Bertz CT molecular complexity index is 744. The fourth-order valence-corrected chi connectivity index (χ4v) is 3.00. The number of halogens is 1. The van der Waals surface area contributed by atoms with Crippen molar-refractivity contribution in [2.45, 2.75) is 38.4 Å². The molecule has 0 saturated carbocycles. The number of benzene rings is 1. The normalized spacial score (nSPS) is 17.4. The van der Waals surface area contributed by atoms with Gasteiger partial charge in [0.15, 0.2) is 0 Å². The summed E-state index contributed by atoms with van der Waals surface area (Å²) in [6.07, 6.45) is 3.98. The van der Waals surface area contributed by atoms with Gasteiger partial charge in [0.25, 0.3) is 5.91 Å². The van der Waals surface area contributed by atoms with Crippen LogP contribution in [0.4, 0.5) is 0 Å². The summed E-state index contributed by atoms with van der Waals surface area (Å²) >= 11 is 0. The SMILES string of the molecule is CC(NC(=O)c1ccn(C2CCCNC2)n1)C(=O)NCc1ccccc1.Cl. The average molecular weight is 392 g/mol. The Balaban J connectivity index is 0.00000261. The summed E-state index contributed by atoms with van der Waals surface area (Å²) in [5, 5.41) is 13.2. The largest absolute Gasteiger partial charge is 0.350 e. The quantitative estimate of drug-likeness (QED) is 0.698. The van der Waals surface area contributed by atoms with E-state index in [1.165, 1.54) is 0 Å². The zero-order valence-electron chi connectivity index (χ0n) is 15.4. The summed E-state index contributed by atoms with van der Waals surface area (Å²) in [5.41, 5.74) is 1.34. The van der Waals surface area contributed by atoms with Gasteiger partial charge in [0.2, 0.25) is 5.91 Å². The molecule has 0 bridgehead atoms. The third-order valence-electron chi connectivity index (χ3n) is 4.54. The molecule has 1 aliphatic rings. The number of rotatable bonds is 6. The van der Waals surface area contributed by atoms with E-state index in [-0.39, 0.29) is 30.3 Å². The highest BCUT2D eigenvalue weighted by Gasteiger charge is 2.20. The summed E-state index contributed by atoms with van der Waals surface area (Å²) in [5.74, 6) is -0.562. The van der Waals surface area contributed by atoms with Crippen LogP contribution in [-0.2, 0) is 11.3 Å². The minimum Gasteiger partial charge on any atom is -0.350 e. The van der Waals surface area contributed by atoms with Gasteiger partial charge in [-0.2, -0.15) is 5.10 Å². The number of hydrogen-bond donors (Lipinski definition) is 3. The lowest BCUT2D eigenvalue weighted by Crippen LogP contribution is -2.44. The van der Waals surface area contributed by atoms with Gasteiger partial charge >= 0.3 is 0 Å². The maximum Gasteiger partial charge on any atom is 0.272 e. The van der Waals surface area contributed by atoms with Gasteiger partial charge < -0.3 is 16.0 Å². The predicted octanol–water partition coefficient (Wildman–Crippen LogP) is 1.66. The van der Waals surface area contributed by atoms with Crippen LogP contribution in [-0.4, -0.2) is 40.7 Å². The second-order valence-electron chi connectivity index (χ2n) is 6.58. The van der Waals surface area contributed by atoms with Crippen molar-refractivity contribution >= 4 is 24.2 Å². The van der Waals surface area contributed by atoms with Crippen LogP contribution in [0.3, 0.4) is 0 Å². The first kappa shape index (κ1) is 20.9. The van der Waals surface area contributed by atoms with E-state index in [1.807, 2.05) is 41.2 Å². The molecule has 0 aliphatic carbocycles. The maximum atomic E-state index is 12.3. The molecule has 3 rings (SSSR count). The van der Waals surface area contributed by atoms with Crippen LogP contribution >= 0.6 is 12.4 Å². The van der Waals surface area contributed by atoms with Crippen LogP contribution in [0.2, 0.25) is 0 Å². The molecule has 1 fully saturated rings. The van der Waals surface area contributed by atoms with Crippen molar-refractivity contribution in [3.05, 3.63) is 53.9 Å². The lowest BCUT2D eigenvalue weighted by molar-refractivity contribution is -0.122. The Kier molecular flexibility index (Phi) is 7.82. The minimum absolute atomic E-state index is 0. The summed E-state index contributed by atoms with van der Waals surface area (Å²) < 4.78 is 1.83. The highest BCUT2D eigenvalue weighted by Crippen LogP contribution is 2.15. The van der Waals surface area contributed by atoms with Gasteiger partial charge in [-0.1, -0.05) is 30.3 Å². The lowest BCUT2D eigenvalue weighted by atomic mass is 10.1. The molecule has 3 N–H and O–H groups in total. The minimum atomic E-state index is -0.632. The fraction of sp³-hybridized carbons (Fsp3) is 0.421. The van der Waals surface area contributed by atoms with Crippen molar-refractivity contribution in [1.82, 2.24) is 25.7 Å². The van der Waals surface area contributed by atoms with Gasteiger partial charge in [-0.15, -0.1) is 12.4 Å². The molecule has 1 aromatic carbocycles. The number of carbonyl (C=O) groups is 2. The highest BCUT2D eigenvalue weighted by atomic mass is 35.5. The van der Waals surface area contributed by atoms with Gasteiger partial charge in [0.1, 0.15) is 11.7 Å². The molecule has 2 unspecified atom stereocenters. The van der Waals surface area contributed by atoms with Gasteiger partial charge in [0.05, 0.1) is 6.04 Å². The van der Waals surface area contributed by atoms with Crippen molar-refractivity contribution < 1.29 is 9.59 Å². The number of nitrogens with one attached hydrogen (secondary N) is 3. The lowest BCUT2D eigenvalue weighted by Gasteiger charge is -2.22. The van der Waals surface area contributed by atoms with Crippen LogP contribution in [0.15, 0.2) is 42.6 Å². The summed E-state index contributed by atoms with van der Waals surface area (Å²) in [7, 11) is 0. The first-order valence-electron chi connectivity index (χ1n) is 9.02. The van der Waals surface area contributed by atoms with Crippen LogP contribution in [0, 0.1) is 0 Å². The molecule has 2 aromatic rings. The molecule has 8 heteroatoms.